The maximum absolute atomic E-state index is 13.0. The van der Waals surface area contributed by atoms with Crippen LogP contribution < -0.4 is 9.47 Å². The Morgan fingerprint density at radius 3 is 2.62 bits per heavy atom. The number of aromatic nitrogens is 4. The minimum Gasteiger partial charge on any atom is -0.493 e. The van der Waals surface area contributed by atoms with E-state index in [1.54, 1.807) is 32.5 Å². The molecular weight excluding hydrogens is 452 g/mol. The monoisotopic (exact) mass is 474 g/mol. The molecule has 1 aliphatic carbocycles. The quantitative estimate of drug-likeness (QED) is 0.293. The maximum Gasteiger partial charge on any atom is 0.253 e. The van der Waals surface area contributed by atoms with Crippen molar-refractivity contribution in [3.8, 4) is 11.5 Å². The lowest BCUT2D eigenvalue weighted by atomic mass is 9.82. The average Bonchev–Trinajstić information content (AvgIpc) is 3.28. The fourth-order valence-corrected chi connectivity index (χ4v) is 4.82. The number of benzene rings is 2. The van der Waals surface area contributed by atoms with Gasteiger partial charge in [-0.1, -0.05) is 48.2 Å². The topological polar surface area (TPSA) is 95.7 Å². The van der Waals surface area contributed by atoms with Crippen LogP contribution in [0.4, 0.5) is 0 Å². The van der Waals surface area contributed by atoms with Gasteiger partial charge < -0.3 is 9.47 Å². The predicted molar refractivity (Wildman–Crippen MR) is 127 cm³/mol. The highest BCUT2D eigenvalue weighted by Gasteiger charge is 2.29. The van der Waals surface area contributed by atoms with Crippen LogP contribution in [-0.2, 0) is 6.42 Å². The van der Waals surface area contributed by atoms with Gasteiger partial charge in [0.1, 0.15) is 0 Å². The third-order valence-corrected chi connectivity index (χ3v) is 6.71. The molecular formula is C25H22N4O4S. The first kappa shape index (κ1) is 22.1. The van der Waals surface area contributed by atoms with Gasteiger partial charge in [-0.2, -0.15) is 4.98 Å². The van der Waals surface area contributed by atoms with Crippen LogP contribution in [0.15, 0.2) is 59.9 Å². The molecule has 0 fully saturated rings. The number of methoxy groups -OCH3 is 2. The summed E-state index contributed by atoms with van der Waals surface area (Å²) in [4.78, 5) is 34.4. The van der Waals surface area contributed by atoms with Gasteiger partial charge in [-0.15, -0.1) is 5.10 Å². The molecule has 2 aromatic heterocycles. The van der Waals surface area contributed by atoms with Crippen LogP contribution in [0.1, 0.15) is 44.3 Å². The van der Waals surface area contributed by atoms with Crippen molar-refractivity contribution in [3.63, 3.8) is 0 Å². The largest absolute Gasteiger partial charge is 0.493 e. The first-order valence-corrected chi connectivity index (χ1v) is 11.8. The number of hydrogen-bond donors (Lipinski definition) is 0. The van der Waals surface area contributed by atoms with Crippen molar-refractivity contribution >= 4 is 29.1 Å². The van der Waals surface area contributed by atoms with Gasteiger partial charge in [-0.3, -0.25) is 9.59 Å². The molecule has 0 aliphatic heterocycles. The molecule has 1 aliphatic rings. The summed E-state index contributed by atoms with van der Waals surface area (Å²) in [5.41, 5.74) is 2.91. The van der Waals surface area contributed by atoms with Crippen LogP contribution in [0.3, 0.4) is 0 Å². The molecule has 0 spiro atoms. The Kier molecular flexibility index (Phi) is 6.02. The zero-order chi connectivity index (χ0) is 23.7. The van der Waals surface area contributed by atoms with Crippen molar-refractivity contribution in [2.24, 2.45) is 0 Å². The van der Waals surface area contributed by atoms with Crippen molar-refractivity contribution in [1.82, 2.24) is 19.6 Å². The van der Waals surface area contributed by atoms with E-state index in [9.17, 15) is 9.59 Å². The molecule has 172 valence electrons. The van der Waals surface area contributed by atoms with Crippen LogP contribution in [0.2, 0.25) is 0 Å². The summed E-state index contributed by atoms with van der Waals surface area (Å²) < 4.78 is 12.3. The van der Waals surface area contributed by atoms with Crippen LogP contribution in [0.5, 0.6) is 11.5 Å². The molecule has 0 amide bonds. The molecule has 0 radical (unpaired) electrons. The van der Waals surface area contributed by atoms with Crippen LogP contribution in [-0.4, -0.2) is 51.1 Å². The van der Waals surface area contributed by atoms with Crippen molar-refractivity contribution in [2.45, 2.75) is 23.9 Å². The molecule has 34 heavy (non-hydrogen) atoms. The molecule has 0 unspecified atom stereocenters. The fraction of sp³-hybridized carbons (Fsp3) is 0.240. The van der Waals surface area contributed by atoms with E-state index in [-0.39, 0.29) is 23.2 Å². The van der Waals surface area contributed by atoms with Gasteiger partial charge in [0, 0.05) is 18.2 Å². The highest BCUT2D eigenvalue weighted by molar-refractivity contribution is 7.99. The summed E-state index contributed by atoms with van der Waals surface area (Å²) in [5.74, 6) is 1.91. The van der Waals surface area contributed by atoms with Gasteiger partial charge in [0.15, 0.2) is 23.1 Å². The smallest absolute Gasteiger partial charge is 0.253 e. The molecule has 4 aromatic rings. The number of carbonyl (C=O) groups excluding carboxylic acids is 2. The molecule has 0 saturated carbocycles. The normalized spacial score (nSPS) is 15.2. The van der Waals surface area contributed by atoms with Gasteiger partial charge in [0.2, 0.25) is 5.16 Å². The van der Waals surface area contributed by atoms with E-state index in [4.69, 9.17) is 9.47 Å². The molecule has 8 nitrogen and oxygen atoms in total. The Balaban J connectivity index is 1.37. The minimum absolute atomic E-state index is 0.00430. The first-order chi connectivity index (χ1) is 16.6. The second-order valence-electron chi connectivity index (χ2n) is 7.96. The lowest BCUT2D eigenvalue weighted by Gasteiger charge is -2.23. The summed E-state index contributed by atoms with van der Waals surface area (Å²) in [6, 6.07) is 14.8. The second-order valence-corrected chi connectivity index (χ2v) is 8.90. The highest BCUT2D eigenvalue weighted by Crippen LogP contribution is 2.36. The molecule has 1 atom stereocenters. The van der Waals surface area contributed by atoms with E-state index in [0.29, 0.717) is 52.1 Å². The number of Topliss-reactive ketones (excluding diaryl/α,β-unsaturated/α-hetero) is 2. The lowest BCUT2D eigenvalue weighted by Crippen LogP contribution is -2.21. The molecule has 9 heteroatoms. The third kappa shape index (κ3) is 4.26. The van der Waals surface area contributed by atoms with Gasteiger partial charge in [-0.05, 0) is 30.0 Å². The van der Waals surface area contributed by atoms with Crippen LogP contribution >= 0.6 is 11.8 Å². The Hall–Kier alpha value is -3.72. The fourth-order valence-electron chi connectivity index (χ4n) is 4.11. The Morgan fingerprint density at radius 1 is 1.06 bits per heavy atom. The minimum atomic E-state index is -0.0185. The van der Waals surface area contributed by atoms with Gasteiger partial charge in [0.05, 0.1) is 31.2 Å². The standard InChI is InChI=1S/C25H22N4O4S/c1-32-22-9-8-16(12-23(22)33-2)17-10-19-18(20(30)11-17)13-29-24(26-19)27-25(28-29)34-14-21(31)15-6-4-3-5-7-15/h3-9,12-13,17H,10-11,14H2,1-2H3/t17-/m1/s1. The summed E-state index contributed by atoms with van der Waals surface area (Å²) in [7, 11) is 3.19. The molecule has 0 bridgehead atoms. The molecule has 2 aromatic carbocycles. The maximum atomic E-state index is 13.0. The van der Waals surface area contributed by atoms with Gasteiger partial charge >= 0.3 is 0 Å². The molecule has 0 saturated heterocycles. The van der Waals surface area contributed by atoms with Crippen molar-refractivity contribution in [2.75, 3.05) is 20.0 Å². The number of fused-ring (bicyclic) bond motifs is 2. The van der Waals surface area contributed by atoms with E-state index < -0.39 is 0 Å². The van der Waals surface area contributed by atoms with E-state index in [1.165, 1.54) is 16.3 Å². The van der Waals surface area contributed by atoms with Crippen molar-refractivity contribution < 1.29 is 19.1 Å². The van der Waals surface area contributed by atoms with E-state index in [0.717, 1.165) is 5.56 Å². The Labute approximate surface area is 200 Å². The van der Waals surface area contributed by atoms with Crippen LogP contribution in [0, 0.1) is 0 Å². The van der Waals surface area contributed by atoms with Crippen LogP contribution in [0.25, 0.3) is 5.78 Å². The zero-order valence-electron chi connectivity index (χ0n) is 18.7. The Bertz CT molecular complexity index is 1390. The lowest BCUT2D eigenvalue weighted by molar-refractivity contribution is 0.0961. The summed E-state index contributed by atoms with van der Waals surface area (Å²) in [5, 5.41) is 4.86. The van der Waals surface area contributed by atoms with E-state index in [2.05, 4.69) is 15.1 Å². The zero-order valence-corrected chi connectivity index (χ0v) is 19.5. The SMILES string of the molecule is COc1ccc([C@H]2CC(=O)c3cn4nc(SCC(=O)c5ccccc5)nc4nc3C2)cc1OC. The van der Waals surface area contributed by atoms with E-state index in [1.807, 2.05) is 36.4 Å². The number of ether oxygens (including phenoxy) is 2. The number of hydrogen-bond acceptors (Lipinski definition) is 8. The second kappa shape index (κ2) is 9.26. The third-order valence-electron chi connectivity index (χ3n) is 5.87. The summed E-state index contributed by atoms with van der Waals surface area (Å²) >= 11 is 1.25. The average molecular weight is 475 g/mol. The number of ketones is 2. The van der Waals surface area contributed by atoms with Crippen molar-refractivity contribution in [3.05, 3.63) is 77.1 Å². The highest BCUT2D eigenvalue weighted by atomic mass is 32.2. The molecule has 2 heterocycles. The van der Waals surface area contributed by atoms with Gasteiger partial charge in [-0.25, -0.2) is 9.50 Å². The predicted octanol–water partition coefficient (Wildman–Crippen LogP) is 4.03. The molecule has 5 rings (SSSR count). The number of rotatable bonds is 7. The first-order valence-electron chi connectivity index (χ1n) is 10.8. The molecule has 0 N–H and O–H groups in total. The summed E-state index contributed by atoms with van der Waals surface area (Å²) in [6.07, 6.45) is 2.67. The summed E-state index contributed by atoms with van der Waals surface area (Å²) in [6.45, 7) is 0. The number of carbonyl (C=O) groups is 2. The van der Waals surface area contributed by atoms with E-state index >= 15 is 0 Å². The number of thioether (sulfide) groups is 1. The van der Waals surface area contributed by atoms with Gasteiger partial charge in [0.25, 0.3) is 5.78 Å². The number of nitrogens with zero attached hydrogens (tertiary/aromatic N) is 4. The Morgan fingerprint density at radius 2 is 1.85 bits per heavy atom. The van der Waals surface area contributed by atoms with Crippen molar-refractivity contribution in [1.29, 1.82) is 0 Å².